The van der Waals surface area contributed by atoms with Crippen LogP contribution in [0, 0.1) is 0 Å². The molecule has 24 heavy (non-hydrogen) atoms. The zero-order valence-electron chi connectivity index (χ0n) is 15.4. The van der Waals surface area contributed by atoms with Gasteiger partial charge in [0, 0.05) is 19.8 Å². The molecule has 5 atom stereocenters. The number of hydrogen-bond acceptors (Lipinski definition) is 5. The van der Waals surface area contributed by atoms with Crippen molar-refractivity contribution >= 4 is 0 Å². The zero-order valence-corrected chi connectivity index (χ0v) is 15.4. The van der Waals surface area contributed by atoms with Crippen molar-refractivity contribution in [2.45, 2.75) is 90.1 Å². The van der Waals surface area contributed by atoms with Crippen LogP contribution >= 0.6 is 0 Å². The van der Waals surface area contributed by atoms with Crippen LogP contribution in [-0.2, 0) is 18.9 Å². The SMILES string of the molecule is CCCCOCC1OC(O)[C@H](OCCCC)C(OCCCC)[C@@H]1F. The van der Waals surface area contributed by atoms with Crippen molar-refractivity contribution in [3.63, 3.8) is 0 Å². The van der Waals surface area contributed by atoms with E-state index in [1.54, 1.807) is 0 Å². The lowest BCUT2D eigenvalue weighted by atomic mass is 10.00. The summed E-state index contributed by atoms with van der Waals surface area (Å²) in [4.78, 5) is 0. The Hall–Kier alpha value is -0.270. The van der Waals surface area contributed by atoms with Crippen LogP contribution in [-0.4, -0.2) is 62.3 Å². The molecular formula is C18H35FO5. The van der Waals surface area contributed by atoms with E-state index in [0.717, 1.165) is 38.5 Å². The van der Waals surface area contributed by atoms with E-state index >= 15 is 0 Å². The second kappa shape index (κ2) is 13.0. The summed E-state index contributed by atoms with van der Waals surface area (Å²) >= 11 is 0. The van der Waals surface area contributed by atoms with E-state index in [-0.39, 0.29) is 6.61 Å². The van der Waals surface area contributed by atoms with Crippen molar-refractivity contribution in [3.8, 4) is 0 Å². The fourth-order valence-corrected chi connectivity index (χ4v) is 2.56. The Labute approximate surface area is 145 Å². The summed E-state index contributed by atoms with van der Waals surface area (Å²) in [6.45, 7) is 7.76. The molecule has 1 heterocycles. The summed E-state index contributed by atoms with van der Waals surface area (Å²) < 4.78 is 37.1. The molecule has 1 N–H and O–H groups in total. The molecule has 0 aliphatic carbocycles. The Morgan fingerprint density at radius 3 is 2.00 bits per heavy atom. The third-order valence-corrected chi connectivity index (χ3v) is 4.13. The number of aliphatic hydroxyl groups excluding tert-OH is 1. The van der Waals surface area contributed by atoms with E-state index in [4.69, 9.17) is 18.9 Å². The lowest BCUT2D eigenvalue weighted by molar-refractivity contribution is -0.294. The molecule has 1 fully saturated rings. The summed E-state index contributed by atoms with van der Waals surface area (Å²) in [5.41, 5.74) is 0. The van der Waals surface area contributed by atoms with Gasteiger partial charge in [-0.3, -0.25) is 0 Å². The van der Waals surface area contributed by atoms with Crippen LogP contribution in [0.4, 0.5) is 4.39 Å². The summed E-state index contributed by atoms with van der Waals surface area (Å²) in [7, 11) is 0. The first-order valence-electron chi connectivity index (χ1n) is 9.44. The fraction of sp³-hybridized carbons (Fsp3) is 1.00. The molecule has 1 saturated heterocycles. The molecule has 5 nitrogen and oxygen atoms in total. The monoisotopic (exact) mass is 350 g/mol. The van der Waals surface area contributed by atoms with Crippen LogP contribution in [0.1, 0.15) is 59.3 Å². The summed E-state index contributed by atoms with van der Waals surface area (Å²) in [6, 6.07) is 0. The van der Waals surface area contributed by atoms with Crippen LogP contribution in [0.3, 0.4) is 0 Å². The first-order chi connectivity index (χ1) is 11.7. The van der Waals surface area contributed by atoms with Gasteiger partial charge in [-0.2, -0.15) is 0 Å². The maximum Gasteiger partial charge on any atom is 0.184 e. The minimum atomic E-state index is -1.38. The van der Waals surface area contributed by atoms with Crippen molar-refractivity contribution in [1.29, 1.82) is 0 Å². The molecule has 1 aliphatic rings. The second-order valence-corrected chi connectivity index (χ2v) is 6.32. The van der Waals surface area contributed by atoms with E-state index in [1.807, 2.05) is 6.92 Å². The van der Waals surface area contributed by atoms with Gasteiger partial charge < -0.3 is 24.1 Å². The third-order valence-electron chi connectivity index (χ3n) is 4.13. The van der Waals surface area contributed by atoms with Crippen molar-refractivity contribution < 1.29 is 28.4 Å². The third kappa shape index (κ3) is 7.31. The van der Waals surface area contributed by atoms with Crippen LogP contribution in [0.15, 0.2) is 0 Å². The molecule has 1 rings (SSSR count). The largest absolute Gasteiger partial charge is 0.379 e. The second-order valence-electron chi connectivity index (χ2n) is 6.32. The normalized spacial score (nSPS) is 30.6. The van der Waals surface area contributed by atoms with Gasteiger partial charge in [0.1, 0.15) is 18.3 Å². The van der Waals surface area contributed by atoms with Crippen LogP contribution in [0.5, 0.6) is 0 Å². The summed E-state index contributed by atoms with van der Waals surface area (Å²) in [5.74, 6) is 0. The van der Waals surface area contributed by atoms with Gasteiger partial charge in [0.25, 0.3) is 0 Å². The number of alkyl halides is 1. The summed E-state index contributed by atoms with van der Waals surface area (Å²) in [6.07, 6.45) is 0.561. The van der Waals surface area contributed by atoms with Gasteiger partial charge in [-0.25, -0.2) is 4.39 Å². The van der Waals surface area contributed by atoms with Crippen LogP contribution in [0.2, 0.25) is 0 Å². The molecular weight excluding hydrogens is 315 g/mol. The lowest BCUT2D eigenvalue weighted by Crippen LogP contribution is -2.59. The Morgan fingerprint density at radius 2 is 1.42 bits per heavy atom. The van der Waals surface area contributed by atoms with E-state index in [2.05, 4.69) is 13.8 Å². The Bertz CT molecular complexity index is 305. The van der Waals surface area contributed by atoms with E-state index in [1.165, 1.54) is 0 Å². The highest BCUT2D eigenvalue weighted by atomic mass is 19.1. The maximum atomic E-state index is 14.9. The quantitative estimate of drug-likeness (QED) is 0.517. The molecule has 144 valence electrons. The Morgan fingerprint density at radius 1 is 0.875 bits per heavy atom. The maximum absolute atomic E-state index is 14.9. The number of aliphatic hydroxyl groups is 1. The minimum Gasteiger partial charge on any atom is -0.379 e. The van der Waals surface area contributed by atoms with Gasteiger partial charge in [-0.05, 0) is 19.3 Å². The molecule has 0 radical (unpaired) electrons. The molecule has 0 spiro atoms. The average molecular weight is 350 g/mol. The lowest BCUT2D eigenvalue weighted by Gasteiger charge is -2.41. The van der Waals surface area contributed by atoms with Crippen LogP contribution < -0.4 is 0 Å². The molecule has 0 aromatic carbocycles. The van der Waals surface area contributed by atoms with Gasteiger partial charge in [0.2, 0.25) is 0 Å². The average Bonchev–Trinajstić information content (AvgIpc) is 2.57. The molecule has 6 heteroatoms. The van der Waals surface area contributed by atoms with Crippen molar-refractivity contribution in [1.82, 2.24) is 0 Å². The highest BCUT2D eigenvalue weighted by molar-refractivity contribution is 4.91. The van der Waals surface area contributed by atoms with Crippen molar-refractivity contribution in [2.24, 2.45) is 0 Å². The summed E-state index contributed by atoms with van der Waals surface area (Å²) in [5, 5.41) is 10.2. The number of ether oxygens (including phenoxy) is 4. The number of rotatable bonds is 13. The number of unbranched alkanes of at least 4 members (excludes halogenated alkanes) is 3. The highest BCUT2D eigenvalue weighted by Gasteiger charge is 2.47. The fourth-order valence-electron chi connectivity index (χ4n) is 2.56. The molecule has 3 unspecified atom stereocenters. The molecule has 0 saturated carbocycles. The standard InChI is InChI=1S/C18H35FO5/c1-4-7-10-21-13-14-15(19)16(22-11-8-5-2)17(18(20)24-14)23-12-9-6-3/h14-18,20H,4-13H2,1-3H3/t14?,15-,16?,17-,18?/m1/s1. The van der Waals surface area contributed by atoms with Gasteiger partial charge >= 0.3 is 0 Å². The molecule has 1 aliphatic heterocycles. The smallest absolute Gasteiger partial charge is 0.184 e. The van der Waals surface area contributed by atoms with Gasteiger partial charge in [0.05, 0.1) is 6.61 Å². The number of hydrogen-bond donors (Lipinski definition) is 1. The Kier molecular flexibility index (Phi) is 11.8. The van der Waals surface area contributed by atoms with Gasteiger partial charge in [-0.15, -0.1) is 0 Å². The van der Waals surface area contributed by atoms with E-state index < -0.39 is 30.8 Å². The first-order valence-corrected chi connectivity index (χ1v) is 9.44. The molecule has 0 aromatic rings. The Balaban J connectivity index is 2.61. The van der Waals surface area contributed by atoms with Crippen molar-refractivity contribution in [3.05, 3.63) is 0 Å². The zero-order chi connectivity index (χ0) is 17.8. The van der Waals surface area contributed by atoms with Crippen molar-refractivity contribution in [2.75, 3.05) is 26.4 Å². The first kappa shape index (κ1) is 21.8. The van der Waals surface area contributed by atoms with E-state index in [0.29, 0.717) is 19.8 Å². The topological polar surface area (TPSA) is 57.2 Å². The van der Waals surface area contributed by atoms with Gasteiger partial charge in [0.15, 0.2) is 12.5 Å². The molecule has 0 aromatic heterocycles. The van der Waals surface area contributed by atoms with Crippen LogP contribution in [0.25, 0.3) is 0 Å². The molecule has 0 amide bonds. The highest BCUT2D eigenvalue weighted by Crippen LogP contribution is 2.28. The predicted octanol–water partition coefficient (Wildman–Crippen LogP) is 3.23. The van der Waals surface area contributed by atoms with E-state index in [9.17, 15) is 9.50 Å². The number of halogens is 1. The van der Waals surface area contributed by atoms with Gasteiger partial charge in [-0.1, -0.05) is 40.0 Å². The molecule has 0 bridgehead atoms. The minimum absolute atomic E-state index is 0.119. The predicted molar refractivity (Wildman–Crippen MR) is 90.8 cm³/mol.